The van der Waals surface area contributed by atoms with Crippen LogP contribution in [0.5, 0.6) is 17.2 Å². The molecule has 5 heteroatoms. The maximum absolute atomic E-state index is 9.40. The molecular formula is C8H8BrClO3. The number of phenolic OH excluding ortho intramolecular Hbond substituents is 1. The standard InChI is InChI=1S/C8H8BrClO3/c1-12-5-3-4(11)6(9)8(13-2)7(5)10/h3,11H,1-2H3. The van der Waals surface area contributed by atoms with Gasteiger partial charge in [-0.3, -0.25) is 0 Å². The highest BCUT2D eigenvalue weighted by atomic mass is 79.9. The van der Waals surface area contributed by atoms with Crippen molar-refractivity contribution in [3.8, 4) is 17.2 Å². The summed E-state index contributed by atoms with van der Waals surface area (Å²) >= 11 is 9.03. The van der Waals surface area contributed by atoms with Gasteiger partial charge in [0.05, 0.1) is 14.2 Å². The van der Waals surface area contributed by atoms with Crippen LogP contribution in [0.15, 0.2) is 10.5 Å². The van der Waals surface area contributed by atoms with E-state index in [0.717, 1.165) is 0 Å². The molecule has 0 aliphatic rings. The predicted octanol–water partition coefficient (Wildman–Crippen LogP) is 2.83. The topological polar surface area (TPSA) is 38.7 Å². The summed E-state index contributed by atoms with van der Waals surface area (Å²) in [4.78, 5) is 0. The van der Waals surface area contributed by atoms with Crippen molar-refractivity contribution in [2.45, 2.75) is 0 Å². The molecule has 0 aromatic heterocycles. The molecule has 0 unspecified atom stereocenters. The van der Waals surface area contributed by atoms with E-state index >= 15 is 0 Å². The molecule has 0 spiro atoms. The van der Waals surface area contributed by atoms with Crippen LogP contribution in [0.4, 0.5) is 0 Å². The fourth-order valence-corrected chi connectivity index (χ4v) is 1.80. The van der Waals surface area contributed by atoms with Gasteiger partial charge in [-0.2, -0.15) is 0 Å². The van der Waals surface area contributed by atoms with Gasteiger partial charge in [-0.05, 0) is 15.9 Å². The number of phenols is 1. The van der Waals surface area contributed by atoms with Crippen molar-refractivity contribution in [2.24, 2.45) is 0 Å². The Morgan fingerprint density at radius 2 is 2.00 bits per heavy atom. The second kappa shape index (κ2) is 4.07. The van der Waals surface area contributed by atoms with Crippen molar-refractivity contribution in [3.05, 3.63) is 15.6 Å². The van der Waals surface area contributed by atoms with Gasteiger partial charge in [0, 0.05) is 6.07 Å². The van der Waals surface area contributed by atoms with Crippen LogP contribution in [0.25, 0.3) is 0 Å². The van der Waals surface area contributed by atoms with Gasteiger partial charge in [0.25, 0.3) is 0 Å². The van der Waals surface area contributed by atoms with E-state index < -0.39 is 0 Å². The highest BCUT2D eigenvalue weighted by molar-refractivity contribution is 9.10. The fraction of sp³-hybridized carbons (Fsp3) is 0.250. The highest BCUT2D eigenvalue weighted by Crippen LogP contribution is 2.44. The molecule has 0 aliphatic heterocycles. The molecule has 13 heavy (non-hydrogen) atoms. The third-order valence-corrected chi connectivity index (χ3v) is 2.66. The zero-order chi connectivity index (χ0) is 10.0. The summed E-state index contributed by atoms with van der Waals surface area (Å²) in [5.74, 6) is 0.760. The molecule has 0 fully saturated rings. The second-order valence-corrected chi connectivity index (χ2v) is 3.43. The summed E-state index contributed by atoms with van der Waals surface area (Å²) < 4.78 is 10.3. The van der Waals surface area contributed by atoms with Crippen molar-refractivity contribution in [1.82, 2.24) is 0 Å². The van der Waals surface area contributed by atoms with Crippen molar-refractivity contribution in [1.29, 1.82) is 0 Å². The van der Waals surface area contributed by atoms with Crippen molar-refractivity contribution in [2.75, 3.05) is 14.2 Å². The minimum absolute atomic E-state index is 0.0260. The summed E-state index contributed by atoms with van der Waals surface area (Å²) in [5, 5.41) is 9.73. The zero-order valence-electron chi connectivity index (χ0n) is 7.10. The number of methoxy groups -OCH3 is 2. The van der Waals surface area contributed by atoms with E-state index in [4.69, 9.17) is 21.1 Å². The van der Waals surface area contributed by atoms with Gasteiger partial charge in [-0.15, -0.1) is 0 Å². The van der Waals surface area contributed by atoms with Crippen LogP contribution in [0.2, 0.25) is 5.02 Å². The molecule has 72 valence electrons. The molecular weight excluding hydrogens is 259 g/mol. The van der Waals surface area contributed by atoms with Gasteiger partial charge in [-0.1, -0.05) is 11.6 Å². The minimum atomic E-state index is 0.0260. The van der Waals surface area contributed by atoms with Crippen LogP contribution in [0, 0.1) is 0 Å². The van der Waals surface area contributed by atoms with E-state index in [2.05, 4.69) is 15.9 Å². The molecule has 0 heterocycles. The normalized spacial score (nSPS) is 9.85. The molecule has 0 amide bonds. The van der Waals surface area contributed by atoms with Gasteiger partial charge >= 0.3 is 0 Å². The number of halogens is 2. The van der Waals surface area contributed by atoms with Crippen LogP contribution in [0.1, 0.15) is 0 Å². The number of benzene rings is 1. The molecule has 0 aliphatic carbocycles. The van der Waals surface area contributed by atoms with E-state index in [1.165, 1.54) is 20.3 Å². The van der Waals surface area contributed by atoms with Crippen LogP contribution >= 0.6 is 27.5 Å². The zero-order valence-corrected chi connectivity index (χ0v) is 9.44. The van der Waals surface area contributed by atoms with Crippen LogP contribution < -0.4 is 9.47 Å². The summed E-state index contributed by atoms with van der Waals surface area (Å²) in [6, 6.07) is 1.41. The molecule has 3 nitrogen and oxygen atoms in total. The average molecular weight is 268 g/mol. The lowest BCUT2D eigenvalue weighted by Gasteiger charge is -2.10. The third-order valence-electron chi connectivity index (χ3n) is 1.53. The maximum Gasteiger partial charge on any atom is 0.159 e. The van der Waals surface area contributed by atoms with Gasteiger partial charge in [0.2, 0.25) is 0 Å². The molecule has 0 saturated carbocycles. The van der Waals surface area contributed by atoms with Crippen LogP contribution in [-0.2, 0) is 0 Å². The Balaban J connectivity index is 3.39. The summed E-state index contributed by atoms with van der Waals surface area (Å²) in [6.07, 6.45) is 0. The van der Waals surface area contributed by atoms with Gasteiger partial charge in [-0.25, -0.2) is 0 Å². The van der Waals surface area contributed by atoms with E-state index in [9.17, 15) is 5.11 Å². The molecule has 1 aromatic rings. The SMILES string of the molecule is COc1cc(O)c(Br)c(OC)c1Cl. The van der Waals surface area contributed by atoms with Crippen molar-refractivity contribution >= 4 is 27.5 Å². The van der Waals surface area contributed by atoms with Crippen LogP contribution in [0.3, 0.4) is 0 Å². The number of aromatic hydroxyl groups is 1. The van der Waals surface area contributed by atoms with Crippen LogP contribution in [-0.4, -0.2) is 19.3 Å². The van der Waals surface area contributed by atoms with E-state index in [0.29, 0.717) is 21.0 Å². The lowest BCUT2D eigenvalue weighted by Crippen LogP contribution is -1.90. The lowest BCUT2D eigenvalue weighted by molar-refractivity contribution is 0.382. The first-order valence-electron chi connectivity index (χ1n) is 3.40. The van der Waals surface area contributed by atoms with E-state index in [1.54, 1.807) is 0 Å². The number of rotatable bonds is 2. The first-order chi connectivity index (χ1) is 6.11. The largest absolute Gasteiger partial charge is 0.506 e. The average Bonchev–Trinajstić information content (AvgIpc) is 2.12. The highest BCUT2D eigenvalue weighted by Gasteiger charge is 2.15. The Kier molecular flexibility index (Phi) is 3.27. The third kappa shape index (κ3) is 1.84. The van der Waals surface area contributed by atoms with Crippen molar-refractivity contribution in [3.63, 3.8) is 0 Å². The summed E-state index contributed by atoms with van der Waals surface area (Å²) in [7, 11) is 2.93. The quantitative estimate of drug-likeness (QED) is 0.895. The Morgan fingerprint density at radius 1 is 1.38 bits per heavy atom. The second-order valence-electron chi connectivity index (χ2n) is 2.26. The molecule has 1 N–H and O–H groups in total. The van der Waals surface area contributed by atoms with Crippen molar-refractivity contribution < 1.29 is 14.6 Å². The Morgan fingerprint density at radius 3 is 2.46 bits per heavy atom. The van der Waals surface area contributed by atoms with E-state index in [1.807, 2.05) is 0 Å². The summed E-state index contributed by atoms with van der Waals surface area (Å²) in [5.41, 5.74) is 0. The molecule has 0 bridgehead atoms. The smallest absolute Gasteiger partial charge is 0.159 e. The molecule has 0 atom stereocenters. The van der Waals surface area contributed by atoms with Gasteiger partial charge < -0.3 is 14.6 Å². The number of hydrogen-bond acceptors (Lipinski definition) is 3. The predicted molar refractivity (Wildman–Crippen MR) is 53.9 cm³/mol. The van der Waals surface area contributed by atoms with Gasteiger partial charge in [0.1, 0.15) is 21.0 Å². The Labute approximate surface area is 89.4 Å². The maximum atomic E-state index is 9.40. The number of ether oxygens (including phenoxy) is 2. The molecule has 1 rings (SSSR count). The lowest BCUT2D eigenvalue weighted by atomic mass is 10.3. The molecule has 1 aromatic carbocycles. The Hall–Kier alpha value is -0.610. The fourth-order valence-electron chi connectivity index (χ4n) is 0.903. The summed E-state index contributed by atoms with van der Waals surface area (Å²) in [6.45, 7) is 0. The van der Waals surface area contributed by atoms with E-state index in [-0.39, 0.29) is 5.75 Å². The first-order valence-corrected chi connectivity index (χ1v) is 4.57. The monoisotopic (exact) mass is 266 g/mol. The molecule has 0 radical (unpaired) electrons. The number of hydrogen-bond donors (Lipinski definition) is 1. The Bertz CT molecular complexity index is 328. The first kappa shape index (κ1) is 10.5. The minimum Gasteiger partial charge on any atom is -0.506 e. The van der Waals surface area contributed by atoms with Gasteiger partial charge in [0.15, 0.2) is 5.75 Å². The molecule has 0 saturated heterocycles.